The van der Waals surface area contributed by atoms with Gasteiger partial charge >= 0.3 is 0 Å². The van der Waals surface area contributed by atoms with E-state index in [2.05, 4.69) is 34.7 Å². The van der Waals surface area contributed by atoms with Crippen LogP contribution in [0.3, 0.4) is 0 Å². The Hall–Kier alpha value is -0.970. The molecule has 5 heteroatoms. The van der Waals surface area contributed by atoms with Gasteiger partial charge in [-0.25, -0.2) is 4.68 Å². The van der Waals surface area contributed by atoms with Crippen molar-refractivity contribution < 1.29 is 0 Å². The van der Waals surface area contributed by atoms with Gasteiger partial charge in [0.15, 0.2) is 5.82 Å². The van der Waals surface area contributed by atoms with E-state index in [1.54, 1.807) is 0 Å². The largest absolute Gasteiger partial charge is 0.308 e. The number of aromatic nitrogens is 4. The highest BCUT2D eigenvalue weighted by atomic mass is 15.5. The van der Waals surface area contributed by atoms with Crippen LogP contribution in [0.15, 0.2) is 0 Å². The number of tetrazole rings is 1. The first-order chi connectivity index (χ1) is 6.81. The molecule has 14 heavy (non-hydrogen) atoms. The Morgan fingerprint density at radius 1 is 1.57 bits per heavy atom. The highest BCUT2D eigenvalue weighted by Gasteiger charge is 2.24. The molecule has 1 unspecified atom stereocenters. The van der Waals surface area contributed by atoms with E-state index in [4.69, 9.17) is 0 Å². The molecular weight excluding hydrogens is 178 g/mol. The van der Waals surface area contributed by atoms with E-state index in [-0.39, 0.29) is 6.04 Å². The van der Waals surface area contributed by atoms with E-state index in [0.29, 0.717) is 0 Å². The Labute approximate surface area is 83.9 Å². The van der Waals surface area contributed by atoms with Gasteiger partial charge < -0.3 is 5.32 Å². The molecular formula is C9H17N5. The van der Waals surface area contributed by atoms with Crippen LogP contribution < -0.4 is 5.32 Å². The van der Waals surface area contributed by atoms with Crippen molar-refractivity contribution in [3.05, 3.63) is 5.82 Å². The van der Waals surface area contributed by atoms with Gasteiger partial charge in [-0.05, 0) is 42.7 Å². The number of nitrogens with zero attached hydrogens (tertiary/aromatic N) is 4. The lowest BCUT2D eigenvalue weighted by atomic mass is 10.3. The molecule has 1 N–H and O–H groups in total. The fraction of sp³-hybridized carbons (Fsp3) is 0.889. The van der Waals surface area contributed by atoms with Crippen LogP contribution in [0.4, 0.5) is 0 Å². The monoisotopic (exact) mass is 195 g/mol. The van der Waals surface area contributed by atoms with Crippen LogP contribution >= 0.6 is 0 Å². The highest BCUT2D eigenvalue weighted by Crippen LogP contribution is 2.30. The molecule has 78 valence electrons. The lowest BCUT2D eigenvalue weighted by molar-refractivity contribution is 0.475. The fourth-order valence-electron chi connectivity index (χ4n) is 1.59. The molecule has 0 radical (unpaired) electrons. The molecule has 0 saturated heterocycles. The van der Waals surface area contributed by atoms with Gasteiger partial charge in [-0.15, -0.1) is 5.10 Å². The van der Waals surface area contributed by atoms with Crippen LogP contribution in [-0.4, -0.2) is 26.8 Å². The molecule has 1 aromatic rings. The molecule has 5 nitrogen and oxygen atoms in total. The second kappa shape index (κ2) is 4.04. The molecule has 1 aliphatic rings. The maximum Gasteiger partial charge on any atom is 0.167 e. The van der Waals surface area contributed by atoms with Gasteiger partial charge in [-0.1, -0.05) is 6.92 Å². The Morgan fingerprint density at radius 2 is 2.36 bits per heavy atom. The quantitative estimate of drug-likeness (QED) is 0.753. The minimum atomic E-state index is 0.244. The second-order valence-electron chi connectivity index (χ2n) is 3.94. The Morgan fingerprint density at radius 3 is 3.00 bits per heavy atom. The summed E-state index contributed by atoms with van der Waals surface area (Å²) in [5.41, 5.74) is 0. The molecule has 2 rings (SSSR count). The number of nitrogens with one attached hydrogen (secondary N) is 1. The topological polar surface area (TPSA) is 55.6 Å². The van der Waals surface area contributed by atoms with Crippen LogP contribution in [0.2, 0.25) is 0 Å². The maximum atomic E-state index is 4.05. The van der Waals surface area contributed by atoms with E-state index < -0.39 is 0 Å². The summed E-state index contributed by atoms with van der Waals surface area (Å²) < 4.78 is 1.94. The number of hydrogen-bond acceptors (Lipinski definition) is 4. The van der Waals surface area contributed by atoms with Gasteiger partial charge in [0.25, 0.3) is 0 Å². The average molecular weight is 195 g/mol. The highest BCUT2D eigenvalue weighted by molar-refractivity contribution is 4.90. The second-order valence-corrected chi connectivity index (χ2v) is 3.94. The van der Waals surface area contributed by atoms with Crippen molar-refractivity contribution in [3.8, 4) is 0 Å². The molecule has 0 bridgehead atoms. The van der Waals surface area contributed by atoms with Gasteiger partial charge in [0, 0.05) is 6.54 Å². The Kier molecular flexibility index (Phi) is 2.77. The van der Waals surface area contributed by atoms with Crippen molar-refractivity contribution in [2.24, 2.45) is 5.92 Å². The van der Waals surface area contributed by atoms with E-state index in [1.807, 2.05) is 4.68 Å². The summed E-state index contributed by atoms with van der Waals surface area (Å²) in [7, 11) is 0. The van der Waals surface area contributed by atoms with Crippen LogP contribution in [0.25, 0.3) is 0 Å². The van der Waals surface area contributed by atoms with Crippen molar-refractivity contribution in [2.45, 2.75) is 39.3 Å². The molecule has 0 amide bonds. The predicted octanol–water partition coefficient (Wildman–Crippen LogP) is 0.754. The minimum absolute atomic E-state index is 0.244. The summed E-state index contributed by atoms with van der Waals surface area (Å²) in [4.78, 5) is 0. The molecule has 1 aliphatic carbocycles. The lowest BCUT2D eigenvalue weighted by Crippen LogP contribution is -2.22. The molecule has 1 fully saturated rings. The first-order valence-corrected chi connectivity index (χ1v) is 5.30. The molecule has 1 aromatic heterocycles. The van der Waals surface area contributed by atoms with Crippen LogP contribution in [0.1, 0.15) is 38.6 Å². The maximum absolute atomic E-state index is 4.05. The summed E-state index contributed by atoms with van der Waals surface area (Å²) >= 11 is 0. The SMILES string of the molecule is CCNC(C)c1nnnn1CC1CC1. The minimum Gasteiger partial charge on any atom is -0.308 e. The Balaban J connectivity index is 2.03. The smallest absolute Gasteiger partial charge is 0.167 e. The van der Waals surface area contributed by atoms with Crippen molar-refractivity contribution in [1.29, 1.82) is 0 Å². The Bertz CT molecular complexity index is 291. The van der Waals surface area contributed by atoms with Crippen LogP contribution in [-0.2, 0) is 6.54 Å². The van der Waals surface area contributed by atoms with E-state index in [0.717, 1.165) is 24.8 Å². The van der Waals surface area contributed by atoms with E-state index in [1.165, 1.54) is 12.8 Å². The first-order valence-electron chi connectivity index (χ1n) is 5.30. The van der Waals surface area contributed by atoms with E-state index >= 15 is 0 Å². The summed E-state index contributed by atoms with van der Waals surface area (Å²) in [5, 5.41) is 15.1. The molecule has 0 spiro atoms. The zero-order valence-corrected chi connectivity index (χ0v) is 8.77. The zero-order chi connectivity index (χ0) is 9.97. The van der Waals surface area contributed by atoms with Gasteiger partial charge in [0.1, 0.15) is 0 Å². The molecule has 1 saturated carbocycles. The zero-order valence-electron chi connectivity index (χ0n) is 8.77. The fourth-order valence-corrected chi connectivity index (χ4v) is 1.59. The number of hydrogen-bond donors (Lipinski definition) is 1. The average Bonchev–Trinajstić information content (AvgIpc) is 2.82. The standard InChI is InChI=1S/C9H17N5/c1-3-10-7(2)9-11-12-13-14(9)6-8-4-5-8/h7-8,10H,3-6H2,1-2H3. The third-order valence-electron chi connectivity index (χ3n) is 2.59. The third-order valence-corrected chi connectivity index (χ3v) is 2.59. The van der Waals surface area contributed by atoms with Gasteiger partial charge in [-0.2, -0.15) is 0 Å². The van der Waals surface area contributed by atoms with Crippen LogP contribution in [0.5, 0.6) is 0 Å². The van der Waals surface area contributed by atoms with Crippen molar-refractivity contribution in [3.63, 3.8) is 0 Å². The van der Waals surface area contributed by atoms with Crippen molar-refractivity contribution in [2.75, 3.05) is 6.54 Å². The lowest BCUT2D eigenvalue weighted by Gasteiger charge is -2.11. The van der Waals surface area contributed by atoms with Crippen LogP contribution in [0, 0.1) is 5.92 Å². The summed E-state index contributed by atoms with van der Waals surface area (Å²) in [6.07, 6.45) is 2.66. The van der Waals surface area contributed by atoms with Gasteiger partial charge in [-0.3, -0.25) is 0 Å². The normalized spacial score (nSPS) is 18.4. The van der Waals surface area contributed by atoms with E-state index in [9.17, 15) is 0 Å². The summed E-state index contributed by atoms with van der Waals surface area (Å²) in [5.74, 6) is 1.77. The number of rotatable bonds is 5. The molecule has 1 heterocycles. The van der Waals surface area contributed by atoms with Crippen molar-refractivity contribution in [1.82, 2.24) is 25.5 Å². The van der Waals surface area contributed by atoms with Gasteiger partial charge in [0.2, 0.25) is 0 Å². The predicted molar refractivity (Wildman–Crippen MR) is 52.6 cm³/mol. The third kappa shape index (κ3) is 2.09. The van der Waals surface area contributed by atoms with Crippen molar-refractivity contribution >= 4 is 0 Å². The van der Waals surface area contributed by atoms with Gasteiger partial charge in [0.05, 0.1) is 6.04 Å². The summed E-state index contributed by atoms with van der Waals surface area (Å²) in [6.45, 7) is 6.11. The molecule has 0 aromatic carbocycles. The first kappa shape index (κ1) is 9.58. The summed E-state index contributed by atoms with van der Waals surface area (Å²) in [6, 6.07) is 0.244. The molecule has 0 aliphatic heterocycles. The molecule has 1 atom stereocenters.